The zero-order chi connectivity index (χ0) is 14.0. The molecule has 3 heteroatoms. The summed E-state index contributed by atoms with van der Waals surface area (Å²) in [6, 6.07) is 12.6. The lowest BCUT2D eigenvalue weighted by Gasteiger charge is -2.29. The Morgan fingerprint density at radius 1 is 1.16 bits per heavy atom. The van der Waals surface area contributed by atoms with E-state index in [9.17, 15) is 4.39 Å². The van der Waals surface area contributed by atoms with Crippen molar-refractivity contribution in [3.05, 3.63) is 59.4 Å². The van der Waals surface area contributed by atoms with Crippen LogP contribution in [0.2, 0.25) is 0 Å². The summed E-state index contributed by atoms with van der Waals surface area (Å²) in [7, 11) is 1.93. The summed E-state index contributed by atoms with van der Waals surface area (Å²) in [5.74, 6) is -0.187. The largest absolute Gasteiger partial charge is 0.397 e. The lowest BCUT2D eigenvalue weighted by Crippen LogP contribution is -2.23. The van der Waals surface area contributed by atoms with E-state index in [1.54, 1.807) is 6.07 Å². The zero-order valence-corrected chi connectivity index (χ0v) is 11.5. The number of nitrogens with two attached hydrogens (primary N) is 1. The highest BCUT2D eigenvalue weighted by Gasteiger charge is 2.17. The molecule has 1 unspecified atom stereocenters. The molecule has 100 valence electrons. The van der Waals surface area contributed by atoms with Crippen LogP contribution in [-0.2, 0) is 0 Å². The summed E-state index contributed by atoms with van der Waals surface area (Å²) < 4.78 is 13.8. The smallest absolute Gasteiger partial charge is 0.128 e. The summed E-state index contributed by atoms with van der Waals surface area (Å²) in [6.07, 6.45) is 0. The van der Waals surface area contributed by atoms with Crippen LogP contribution in [0.25, 0.3) is 0 Å². The molecule has 2 rings (SSSR count). The molecule has 0 saturated heterocycles. The molecule has 0 heterocycles. The van der Waals surface area contributed by atoms with Gasteiger partial charge in [-0.3, -0.25) is 0 Å². The van der Waals surface area contributed by atoms with Crippen LogP contribution >= 0.6 is 0 Å². The van der Waals surface area contributed by atoms with Crippen molar-refractivity contribution in [1.29, 1.82) is 0 Å². The Morgan fingerprint density at radius 2 is 1.84 bits per heavy atom. The van der Waals surface area contributed by atoms with Crippen molar-refractivity contribution in [1.82, 2.24) is 0 Å². The summed E-state index contributed by atoms with van der Waals surface area (Å²) >= 11 is 0. The van der Waals surface area contributed by atoms with Gasteiger partial charge in [-0.1, -0.05) is 24.3 Å². The third-order valence-corrected chi connectivity index (χ3v) is 3.50. The number of aryl methyl sites for hydroxylation is 1. The molecule has 0 spiro atoms. The van der Waals surface area contributed by atoms with E-state index in [2.05, 4.69) is 0 Å². The van der Waals surface area contributed by atoms with Crippen LogP contribution in [0.1, 0.15) is 24.1 Å². The summed E-state index contributed by atoms with van der Waals surface area (Å²) in [5, 5.41) is 0. The minimum Gasteiger partial charge on any atom is -0.397 e. The molecule has 0 aromatic heterocycles. The Bertz CT molecular complexity index is 581. The molecule has 2 N–H and O–H groups in total. The van der Waals surface area contributed by atoms with Gasteiger partial charge in [0.2, 0.25) is 0 Å². The van der Waals surface area contributed by atoms with Gasteiger partial charge in [0.25, 0.3) is 0 Å². The fourth-order valence-electron chi connectivity index (χ4n) is 2.19. The van der Waals surface area contributed by atoms with Crippen LogP contribution < -0.4 is 10.6 Å². The van der Waals surface area contributed by atoms with Gasteiger partial charge in [-0.15, -0.1) is 0 Å². The molecule has 1 atom stereocenters. The first-order chi connectivity index (χ1) is 9.00. The first-order valence-electron chi connectivity index (χ1n) is 6.34. The lowest BCUT2D eigenvalue weighted by molar-refractivity contribution is 0.585. The van der Waals surface area contributed by atoms with E-state index in [1.807, 2.05) is 56.1 Å². The van der Waals surface area contributed by atoms with E-state index in [0.717, 1.165) is 11.3 Å². The molecule has 0 bridgehead atoms. The molecule has 0 saturated carbocycles. The van der Waals surface area contributed by atoms with Crippen molar-refractivity contribution < 1.29 is 4.39 Å². The first kappa shape index (κ1) is 13.4. The van der Waals surface area contributed by atoms with Gasteiger partial charge in [-0.25, -0.2) is 4.39 Å². The molecule has 0 fully saturated rings. The molecule has 0 aliphatic heterocycles. The molecule has 19 heavy (non-hydrogen) atoms. The highest BCUT2D eigenvalue weighted by Crippen LogP contribution is 2.31. The second-order valence-electron chi connectivity index (χ2n) is 4.87. The van der Waals surface area contributed by atoms with Crippen LogP contribution in [0.15, 0.2) is 42.5 Å². The van der Waals surface area contributed by atoms with Crippen LogP contribution in [0.4, 0.5) is 15.8 Å². The molecule has 2 aromatic rings. The molecule has 0 radical (unpaired) electrons. The Kier molecular flexibility index (Phi) is 3.74. The van der Waals surface area contributed by atoms with Gasteiger partial charge < -0.3 is 10.6 Å². The summed E-state index contributed by atoms with van der Waals surface area (Å²) in [6.45, 7) is 3.99. The molecule has 0 aliphatic rings. The number of hydrogen-bond donors (Lipinski definition) is 1. The van der Waals surface area contributed by atoms with Crippen LogP contribution in [0, 0.1) is 12.7 Å². The van der Waals surface area contributed by atoms with Crippen molar-refractivity contribution in [2.75, 3.05) is 17.7 Å². The van der Waals surface area contributed by atoms with Gasteiger partial charge in [-0.05, 0) is 37.6 Å². The molecule has 0 aliphatic carbocycles. The lowest BCUT2D eigenvalue weighted by atomic mass is 10.1. The van der Waals surface area contributed by atoms with Crippen molar-refractivity contribution in [2.24, 2.45) is 0 Å². The van der Waals surface area contributed by atoms with E-state index >= 15 is 0 Å². The third kappa shape index (κ3) is 2.70. The molecular weight excluding hydrogens is 239 g/mol. The van der Waals surface area contributed by atoms with Crippen LogP contribution in [0.3, 0.4) is 0 Å². The van der Waals surface area contributed by atoms with Gasteiger partial charge in [0, 0.05) is 12.6 Å². The Labute approximate surface area is 113 Å². The minimum absolute atomic E-state index is 0.0784. The number of halogens is 1. The number of nitrogens with zero attached hydrogens (tertiary/aromatic N) is 1. The fraction of sp³-hybridized carbons (Fsp3) is 0.250. The Morgan fingerprint density at radius 3 is 2.53 bits per heavy atom. The van der Waals surface area contributed by atoms with Crippen molar-refractivity contribution in [3.63, 3.8) is 0 Å². The molecule has 0 amide bonds. The standard InChI is InChI=1S/C16H19FN2/c1-11-8-9-15(18)16(10-11)19(3)12(2)13-6-4-5-7-14(13)17/h4-10,12H,18H2,1-3H3. The Balaban J connectivity index is 2.36. The monoisotopic (exact) mass is 258 g/mol. The quantitative estimate of drug-likeness (QED) is 0.846. The van der Waals surface area contributed by atoms with Gasteiger partial charge in [-0.2, -0.15) is 0 Å². The highest BCUT2D eigenvalue weighted by atomic mass is 19.1. The number of nitrogen functional groups attached to an aromatic ring is 1. The van der Waals surface area contributed by atoms with E-state index in [-0.39, 0.29) is 11.9 Å². The Hall–Kier alpha value is -2.03. The second kappa shape index (κ2) is 5.31. The van der Waals surface area contributed by atoms with Crippen molar-refractivity contribution in [2.45, 2.75) is 19.9 Å². The number of rotatable bonds is 3. The number of hydrogen-bond acceptors (Lipinski definition) is 2. The predicted molar refractivity (Wildman–Crippen MR) is 78.8 cm³/mol. The van der Waals surface area contributed by atoms with Crippen molar-refractivity contribution >= 4 is 11.4 Å². The SMILES string of the molecule is Cc1ccc(N)c(N(C)C(C)c2ccccc2F)c1. The maximum absolute atomic E-state index is 13.8. The molecule has 2 nitrogen and oxygen atoms in total. The van der Waals surface area contributed by atoms with Crippen LogP contribution in [0.5, 0.6) is 0 Å². The first-order valence-corrected chi connectivity index (χ1v) is 6.34. The number of anilines is 2. The van der Waals surface area contributed by atoms with Crippen molar-refractivity contribution in [3.8, 4) is 0 Å². The van der Waals surface area contributed by atoms with E-state index < -0.39 is 0 Å². The summed E-state index contributed by atoms with van der Waals surface area (Å²) in [5.41, 5.74) is 9.45. The second-order valence-corrected chi connectivity index (χ2v) is 4.87. The van der Waals surface area contributed by atoms with Gasteiger partial charge >= 0.3 is 0 Å². The van der Waals surface area contributed by atoms with Gasteiger partial charge in [0.15, 0.2) is 0 Å². The fourth-order valence-corrected chi connectivity index (χ4v) is 2.19. The van der Waals surface area contributed by atoms with Crippen LogP contribution in [-0.4, -0.2) is 7.05 Å². The predicted octanol–water partition coefficient (Wildman–Crippen LogP) is 3.91. The van der Waals surface area contributed by atoms with E-state index in [1.165, 1.54) is 6.07 Å². The maximum Gasteiger partial charge on any atom is 0.128 e. The molecular formula is C16H19FN2. The third-order valence-electron chi connectivity index (χ3n) is 3.50. The van der Waals surface area contributed by atoms with E-state index in [0.29, 0.717) is 11.3 Å². The topological polar surface area (TPSA) is 29.3 Å². The summed E-state index contributed by atoms with van der Waals surface area (Å²) in [4.78, 5) is 2.00. The average Bonchev–Trinajstić information content (AvgIpc) is 2.40. The normalized spacial score (nSPS) is 12.2. The maximum atomic E-state index is 13.8. The highest BCUT2D eigenvalue weighted by molar-refractivity contribution is 5.68. The average molecular weight is 258 g/mol. The van der Waals surface area contributed by atoms with Gasteiger partial charge in [0.05, 0.1) is 17.4 Å². The number of benzene rings is 2. The minimum atomic E-state index is -0.187. The molecule has 2 aromatic carbocycles. The van der Waals surface area contributed by atoms with E-state index in [4.69, 9.17) is 5.73 Å². The van der Waals surface area contributed by atoms with Gasteiger partial charge in [0.1, 0.15) is 5.82 Å². The zero-order valence-electron chi connectivity index (χ0n) is 11.5.